The Bertz CT molecular complexity index is 1370. The molecule has 1 saturated heterocycles. The van der Waals surface area contributed by atoms with Gasteiger partial charge in [-0.25, -0.2) is 13.6 Å². The number of nitrogens with one attached hydrogen (secondary N) is 4. The van der Waals surface area contributed by atoms with E-state index < -0.39 is 17.2 Å². The van der Waals surface area contributed by atoms with E-state index in [9.17, 15) is 18.4 Å². The minimum Gasteiger partial charge on any atom is -0.342 e. The van der Waals surface area contributed by atoms with Crippen molar-refractivity contribution in [1.29, 1.82) is 5.41 Å². The molecule has 4 N–H and O–H groups in total. The number of amides is 3. The molecular weight excluding hydrogens is 627 g/mol. The van der Waals surface area contributed by atoms with Crippen LogP contribution in [0.5, 0.6) is 0 Å². The van der Waals surface area contributed by atoms with Crippen LogP contribution in [-0.4, -0.2) is 28.3 Å². The van der Waals surface area contributed by atoms with Crippen LogP contribution >= 0.6 is 34.2 Å². The molecule has 0 aliphatic carbocycles. The molecule has 1 aliphatic rings. The molecule has 0 radical (unpaired) electrons. The number of nitrogens with zero attached hydrogens (tertiary/aromatic N) is 1. The van der Waals surface area contributed by atoms with Crippen LogP contribution in [0.15, 0.2) is 60.7 Å². The van der Waals surface area contributed by atoms with Gasteiger partial charge in [0.15, 0.2) is 5.96 Å². The molecule has 7 nitrogen and oxygen atoms in total. The number of benzene rings is 3. The summed E-state index contributed by atoms with van der Waals surface area (Å²) >= 11 is 8.16. The Morgan fingerprint density at radius 1 is 0.974 bits per heavy atom. The lowest BCUT2D eigenvalue weighted by Crippen LogP contribution is -2.46. The summed E-state index contributed by atoms with van der Waals surface area (Å²) in [4.78, 5) is 26.6. The molecule has 3 aromatic carbocycles. The van der Waals surface area contributed by atoms with Gasteiger partial charge in [0.2, 0.25) is 0 Å². The van der Waals surface area contributed by atoms with E-state index in [1.165, 1.54) is 17.0 Å². The van der Waals surface area contributed by atoms with Gasteiger partial charge in [0.05, 0.1) is 11.6 Å². The predicted octanol–water partition coefficient (Wildman–Crippen LogP) is 5.09. The van der Waals surface area contributed by atoms with Crippen molar-refractivity contribution in [2.24, 2.45) is 0 Å². The van der Waals surface area contributed by atoms with Crippen molar-refractivity contribution in [2.75, 3.05) is 0 Å². The van der Waals surface area contributed by atoms with Crippen molar-refractivity contribution >= 4 is 52.1 Å². The van der Waals surface area contributed by atoms with E-state index in [2.05, 4.69) is 38.5 Å². The zero-order valence-electron chi connectivity index (χ0n) is 20.4. The van der Waals surface area contributed by atoms with Gasteiger partial charge in [-0.2, -0.15) is 0 Å². The Labute approximate surface area is 237 Å². The maximum Gasteiger partial charge on any atom is 0.315 e. The first kappa shape index (κ1) is 27.8. The monoisotopic (exact) mass is 651 g/mol. The van der Waals surface area contributed by atoms with Gasteiger partial charge in [0.25, 0.3) is 5.91 Å². The summed E-state index contributed by atoms with van der Waals surface area (Å²) in [5.41, 5.74) is 1.72. The molecule has 0 spiro atoms. The molecule has 4 rings (SSSR count). The lowest BCUT2D eigenvalue weighted by atomic mass is 9.92. The molecule has 11 heteroatoms. The fourth-order valence-corrected chi connectivity index (χ4v) is 4.89. The van der Waals surface area contributed by atoms with Crippen molar-refractivity contribution in [3.05, 3.63) is 103 Å². The minimum atomic E-state index is -1.20. The molecule has 0 aromatic heterocycles. The number of hydrogen-bond donors (Lipinski definition) is 4. The van der Waals surface area contributed by atoms with Gasteiger partial charge in [0.1, 0.15) is 17.2 Å². The van der Waals surface area contributed by atoms with Crippen molar-refractivity contribution in [3.63, 3.8) is 0 Å². The number of halogens is 4. The summed E-state index contributed by atoms with van der Waals surface area (Å²) in [6, 6.07) is 15.7. The highest BCUT2D eigenvalue weighted by Gasteiger charge is 2.45. The van der Waals surface area contributed by atoms with Crippen LogP contribution in [0.25, 0.3) is 0 Å². The zero-order chi connectivity index (χ0) is 27.4. The van der Waals surface area contributed by atoms with E-state index >= 15 is 0 Å². The Hall–Kier alpha value is -3.25. The van der Waals surface area contributed by atoms with Crippen molar-refractivity contribution in [2.45, 2.75) is 38.5 Å². The third kappa shape index (κ3) is 6.79. The molecule has 3 amide bonds. The van der Waals surface area contributed by atoms with E-state index in [0.717, 1.165) is 26.3 Å². The summed E-state index contributed by atoms with van der Waals surface area (Å²) in [5.74, 6) is -1.87. The van der Waals surface area contributed by atoms with E-state index in [1.54, 1.807) is 13.0 Å². The number of hydrogen-bond acceptors (Lipinski definition) is 3. The second kappa shape index (κ2) is 11.6. The second-order valence-corrected chi connectivity index (χ2v) is 10.8. The van der Waals surface area contributed by atoms with Gasteiger partial charge in [-0.1, -0.05) is 41.9 Å². The van der Waals surface area contributed by atoms with E-state index in [4.69, 9.17) is 17.0 Å². The molecule has 1 heterocycles. The molecule has 1 aliphatic heterocycles. The zero-order valence-corrected chi connectivity index (χ0v) is 23.3. The highest BCUT2D eigenvalue weighted by Crippen LogP contribution is 2.25. The second-order valence-electron chi connectivity index (χ2n) is 9.25. The molecular formula is C27H25ClF2IN5O2. The third-order valence-corrected chi connectivity index (χ3v) is 7.66. The predicted molar refractivity (Wildman–Crippen MR) is 150 cm³/mol. The van der Waals surface area contributed by atoms with E-state index in [0.29, 0.717) is 23.7 Å². The summed E-state index contributed by atoms with van der Waals surface area (Å²) in [6.45, 7) is 2.45. The fraction of sp³-hybridized carbons (Fsp3) is 0.222. The van der Waals surface area contributed by atoms with Crippen molar-refractivity contribution < 1.29 is 18.4 Å². The lowest BCUT2D eigenvalue weighted by molar-refractivity contribution is -0.130. The van der Waals surface area contributed by atoms with E-state index in [1.807, 2.05) is 36.4 Å². The van der Waals surface area contributed by atoms with Gasteiger partial charge in [0, 0.05) is 29.1 Å². The van der Waals surface area contributed by atoms with Crippen LogP contribution in [0.2, 0.25) is 5.02 Å². The Morgan fingerprint density at radius 3 is 2.18 bits per heavy atom. The Kier molecular flexibility index (Phi) is 8.51. The van der Waals surface area contributed by atoms with Gasteiger partial charge in [-0.3, -0.25) is 15.1 Å². The molecule has 0 unspecified atom stereocenters. The first-order valence-electron chi connectivity index (χ1n) is 11.7. The smallest absolute Gasteiger partial charge is 0.315 e. The SMILES string of the molecule is C[C@]1(Cc2cc(F)cc(F)c2)NC(=N)N(Cc2ccc(CNC(=O)NCc3ccc(Cl)c(I)c3)cc2)C1=O. The summed E-state index contributed by atoms with van der Waals surface area (Å²) in [5, 5.41) is 17.4. The first-order chi connectivity index (χ1) is 18.0. The van der Waals surface area contributed by atoms with Crippen LogP contribution < -0.4 is 16.0 Å². The number of urea groups is 1. The normalized spacial score (nSPS) is 16.9. The quantitative estimate of drug-likeness (QED) is 0.256. The number of carbonyl (C=O) groups excluding carboxylic acids is 2. The van der Waals surface area contributed by atoms with Crippen LogP contribution in [0.3, 0.4) is 0 Å². The van der Waals surface area contributed by atoms with Gasteiger partial charge in [-0.05, 0) is 76.0 Å². The van der Waals surface area contributed by atoms with Gasteiger partial charge < -0.3 is 16.0 Å². The average molecular weight is 652 g/mol. The van der Waals surface area contributed by atoms with E-state index in [-0.39, 0.29) is 30.9 Å². The number of carbonyl (C=O) groups is 2. The molecule has 198 valence electrons. The molecule has 1 fully saturated rings. The molecule has 3 aromatic rings. The topological polar surface area (TPSA) is 97.3 Å². The average Bonchev–Trinajstić information content (AvgIpc) is 3.06. The molecule has 38 heavy (non-hydrogen) atoms. The lowest BCUT2D eigenvalue weighted by Gasteiger charge is -2.22. The summed E-state index contributed by atoms with van der Waals surface area (Å²) in [7, 11) is 0. The van der Waals surface area contributed by atoms with Crippen LogP contribution in [0.4, 0.5) is 13.6 Å². The van der Waals surface area contributed by atoms with Gasteiger partial charge >= 0.3 is 6.03 Å². The van der Waals surface area contributed by atoms with Crippen molar-refractivity contribution in [3.8, 4) is 0 Å². The maximum absolute atomic E-state index is 13.6. The third-order valence-electron chi connectivity index (χ3n) is 6.12. The number of guanidine groups is 1. The summed E-state index contributed by atoms with van der Waals surface area (Å²) in [6.07, 6.45) is 0.0311. The summed E-state index contributed by atoms with van der Waals surface area (Å²) < 4.78 is 28.1. The van der Waals surface area contributed by atoms with Crippen molar-refractivity contribution in [1.82, 2.24) is 20.9 Å². The highest BCUT2D eigenvalue weighted by molar-refractivity contribution is 14.1. The fourth-order valence-electron chi connectivity index (χ4n) is 4.20. The standard InChI is InChI=1S/C27H25ClF2IN5O2/c1-27(12-19-8-20(29)11-21(30)9-19)24(37)36(25(32)35-27)15-17-4-2-16(3-5-17)13-33-26(38)34-14-18-6-7-22(28)23(31)10-18/h2-11H,12-15H2,1H3,(H2,32,35)(H2,33,34,38)/t27-/m1/s1. The number of rotatable bonds is 8. The van der Waals surface area contributed by atoms with Crippen LogP contribution in [-0.2, 0) is 30.8 Å². The largest absolute Gasteiger partial charge is 0.342 e. The van der Waals surface area contributed by atoms with Crippen LogP contribution in [0.1, 0.15) is 29.2 Å². The van der Waals surface area contributed by atoms with Gasteiger partial charge in [-0.15, -0.1) is 0 Å². The molecule has 0 saturated carbocycles. The Balaban J connectivity index is 1.29. The first-order valence-corrected chi connectivity index (χ1v) is 13.2. The highest BCUT2D eigenvalue weighted by atomic mass is 127. The Morgan fingerprint density at radius 2 is 1.55 bits per heavy atom. The maximum atomic E-state index is 13.6. The van der Waals surface area contributed by atoms with Crippen LogP contribution in [0, 0.1) is 20.6 Å². The molecule has 0 bridgehead atoms. The minimum absolute atomic E-state index is 0.0311. The molecule has 1 atom stereocenters.